The molecule has 1 aliphatic rings. The van der Waals surface area contributed by atoms with Gasteiger partial charge in [-0.05, 0) is 36.8 Å². The van der Waals surface area contributed by atoms with Crippen molar-refractivity contribution in [1.82, 2.24) is 15.0 Å². The van der Waals surface area contributed by atoms with E-state index in [0.717, 1.165) is 16.8 Å². The summed E-state index contributed by atoms with van der Waals surface area (Å²) in [5.41, 5.74) is 3.63. The van der Waals surface area contributed by atoms with Gasteiger partial charge in [0.2, 0.25) is 6.79 Å². The number of hydrogen-bond donors (Lipinski definition) is 0. The second-order valence-electron chi connectivity index (χ2n) is 5.21. The normalized spacial score (nSPS) is 12.4. The first kappa shape index (κ1) is 13.5. The molecular formula is C17H13N3O3. The summed E-state index contributed by atoms with van der Waals surface area (Å²) in [4.78, 5) is 11.4. The van der Waals surface area contributed by atoms with E-state index in [9.17, 15) is 4.79 Å². The van der Waals surface area contributed by atoms with Gasteiger partial charge in [0.1, 0.15) is 5.69 Å². The number of hydrogen-bond acceptors (Lipinski definition) is 5. The van der Waals surface area contributed by atoms with Gasteiger partial charge in [-0.1, -0.05) is 23.4 Å². The summed E-state index contributed by atoms with van der Waals surface area (Å²) in [6.45, 7) is 2.19. The van der Waals surface area contributed by atoms with Crippen molar-refractivity contribution < 1.29 is 14.3 Å². The van der Waals surface area contributed by atoms with Crippen LogP contribution in [0.15, 0.2) is 42.5 Å². The molecule has 0 saturated heterocycles. The molecule has 0 amide bonds. The number of aromatic nitrogens is 3. The summed E-state index contributed by atoms with van der Waals surface area (Å²) >= 11 is 0. The average Bonchev–Trinajstić information content (AvgIpc) is 3.20. The summed E-state index contributed by atoms with van der Waals surface area (Å²) < 4.78 is 12.4. The lowest BCUT2D eigenvalue weighted by Crippen LogP contribution is -2.02. The van der Waals surface area contributed by atoms with E-state index in [1.165, 1.54) is 0 Å². The minimum atomic E-state index is 0.203. The molecule has 1 aliphatic heterocycles. The molecule has 0 radical (unpaired) electrons. The number of rotatable bonds is 3. The van der Waals surface area contributed by atoms with Crippen LogP contribution in [0.3, 0.4) is 0 Å². The van der Waals surface area contributed by atoms with Crippen molar-refractivity contribution >= 4 is 6.29 Å². The maximum absolute atomic E-state index is 11.4. The number of aldehydes is 1. The maximum Gasteiger partial charge on any atom is 0.231 e. The summed E-state index contributed by atoms with van der Waals surface area (Å²) in [6.07, 6.45) is 0.710. The molecule has 2 heterocycles. The Bertz CT molecular complexity index is 902. The summed E-state index contributed by atoms with van der Waals surface area (Å²) in [6, 6.07) is 13.3. The smallest absolute Gasteiger partial charge is 0.231 e. The lowest BCUT2D eigenvalue weighted by molar-refractivity contribution is 0.111. The van der Waals surface area contributed by atoms with Crippen LogP contribution in [0, 0.1) is 6.92 Å². The van der Waals surface area contributed by atoms with Crippen LogP contribution in [0.1, 0.15) is 16.1 Å². The van der Waals surface area contributed by atoms with Gasteiger partial charge in [0.05, 0.1) is 5.69 Å². The van der Waals surface area contributed by atoms with Crippen molar-refractivity contribution in [3.05, 3.63) is 53.7 Å². The van der Waals surface area contributed by atoms with E-state index < -0.39 is 0 Å². The number of nitrogens with zero attached hydrogens (tertiary/aromatic N) is 3. The van der Waals surface area contributed by atoms with Crippen molar-refractivity contribution in [1.29, 1.82) is 0 Å². The molecule has 0 N–H and O–H groups in total. The van der Waals surface area contributed by atoms with E-state index in [2.05, 4.69) is 10.3 Å². The SMILES string of the molecule is Cc1ccccc1-n1nnc(C=O)c1-c1ccc2c(c1)OCO2. The monoisotopic (exact) mass is 307 g/mol. The Hall–Kier alpha value is -3.15. The number of ether oxygens (including phenoxy) is 2. The molecule has 0 fully saturated rings. The van der Waals surface area contributed by atoms with Crippen LogP contribution >= 0.6 is 0 Å². The number of para-hydroxylation sites is 1. The van der Waals surface area contributed by atoms with E-state index >= 15 is 0 Å². The van der Waals surface area contributed by atoms with Crippen molar-refractivity contribution in [3.63, 3.8) is 0 Å². The Morgan fingerprint density at radius 3 is 2.78 bits per heavy atom. The van der Waals surface area contributed by atoms with E-state index in [1.807, 2.05) is 49.4 Å². The van der Waals surface area contributed by atoms with Gasteiger partial charge in [-0.25, -0.2) is 4.68 Å². The quantitative estimate of drug-likeness (QED) is 0.696. The fraction of sp³-hybridized carbons (Fsp3) is 0.118. The van der Waals surface area contributed by atoms with E-state index in [0.29, 0.717) is 23.5 Å². The first-order chi connectivity index (χ1) is 11.3. The molecule has 4 rings (SSSR count). The molecule has 0 atom stereocenters. The van der Waals surface area contributed by atoms with Crippen molar-refractivity contribution in [2.75, 3.05) is 6.79 Å². The van der Waals surface area contributed by atoms with Crippen LogP contribution in [0.25, 0.3) is 16.9 Å². The van der Waals surface area contributed by atoms with Gasteiger partial charge in [-0.2, -0.15) is 0 Å². The number of carbonyl (C=O) groups excluding carboxylic acids is 1. The zero-order valence-electron chi connectivity index (χ0n) is 12.4. The highest BCUT2D eigenvalue weighted by Crippen LogP contribution is 2.37. The van der Waals surface area contributed by atoms with E-state index in [4.69, 9.17) is 9.47 Å². The molecule has 23 heavy (non-hydrogen) atoms. The van der Waals surface area contributed by atoms with Crippen molar-refractivity contribution in [3.8, 4) is 28.4 Å². The van der Waals surface area contributed by atoms with Crippen LogP contribution in [0.4, 0.5) is 0 Å². The second kappa shape index (κ2) is 5.24. The van der Waals surface area contributed by atoms with Gasteiger partial charge in [-0.3, -0.25) is 4.79 Å². The molecule has 6 nitrogen and oxygen atoms in total. The van der Waals surface area contributed by atoms with Crippen molar-refractivity contribution in [2.24, 2.45) is 0 Å². The molecule has 0 spiro atoms. The molecule has 114 valence electrons. The van der Waals surface area contributed by atoms with Gasteiger partial charge in [0.15, 0.2) is 23.5 Å². The highest BCUT2D eigenvalue weighted by molar-refractivity contribution is 5.84. The Morgan fingerprint density at radius 1 is 1.13 bits per heavy atom. The van der Waals surface area contributed by atoms with Gasteiger partial charge >= 0.3 is 0 Å². The lowest BCUT2D eigenvalue weighted by Gasteiger charge is -2.10. The van der Waals surface area contributed by atoms with Crippen LogP contribution in [0.5, 0.6) is 11.5 Å². The Labute approximate surface area is 132 Å². The van der Waals surface area contributed by atoms with Crippen LogP contribution < -0.4 is 9.47 Å². The predicted octanol–water partition coefficient (Wildman–Crippen LogP) is 2.78. The van der Waals surface area contributed by atoms with Crippen LogP contribution in [0.2, 0.25) is 0 Å². The molecular weight excluding hydrogens is 294 g/mol. The number of fused-ring (bicyclic) bond motifs is 1. The lowest BCUT2D eigenvalue weighted by atomic mass is 10.1. The Kier molecular flexibility index (Phi) is 3.08. The molecule has 0 aliphatic carbocycles. The summed E-state index contributed by atoms with van der Waals surface area (Å²) in [5, 5.41) is 8.15. The molecule has 0 unspecified atom stereocenters. The van der Waals surface area contributed by atoms with Gasteiger partial charge in [-0.15, -0.1) is 5.10 Å². The Balaban J connectivity index is 1.93. The van der Waals surface area contributed by atoms with E-state index in [1.54, 1.807) is 4.68 Å². The number of aryl methyl sites for hydroxylation is 1. The zero-order chi connectivity index (χ0) is 15.8. The highest BCUT2D eigenvalue weighted by Gasteiger charge is 2.20. The second-order valence-corrected chi connectivity index (χ2v) is 5.21. The minimum absolute atomic E-state index is 0.203. The zero-order valence-corrected chi connectivity index (χ0v) is 12.4. The molecule has 3 aromatic rings. The molecule has 0 saturated carbocycles. The third-order valence-corrected chi connectivity index (χ3v) is 3.80. The fourth-order valence-electron chi connectivity index (χ4n) is 2.66. The molecule has 1 aromatic heterocycles. The topological polar surface area (TPSA) is 66.2 Å². The molecule has 2 aromatic carbocycles. The standard InChI is InChI=1S/C17H13N3O3/c1-11-4-2-3-5-14(11)20-17(13(9-21)18-19-20)12-6-7-15-16(8-12)23-10-22-15/h2-9H,10H2,1H3. The number of benzene rings is 2. The number of carbonyl (C=O) groups is 1. The predicted molar refractivity (Wildman–Crippen MR) is 83.0 cm³/mol. The first-order valence-corrected chi connectivity index (χ1v) is 7.15. The summed E-state index contributed by atoms with van der Waals surface area (Å²) in [5.74, 6) is 1.34. The van der Waals surface area contributed by atoms with Crippen LogP contribution in [-0.4, -0.2) is 28.1 Å². The van der Waals surface area contributed by atoms with Crippen LogP contribution in [-0.2, 0) is 0 Å². The van der Waals surface area contributed by atoms with Crippen molar-refractivity contribution in [2.45, 2.75) is 6.92 Å². The van der Waals surface area contributed by atoms with Gasteiger partial charge in [0, 0.05) is 5.56 Å². The van der Waals surface area contributed by atoms with Gasteiger partial charge < -0.3 is 9.47 Å². The molecule has 0 bridgehead atoms. The minimum Gasteiger partial charge on any atom is -0.454 e. The third-order valence-electron chi connectivity index (χ3n) is 3.80. The maximum atomic E-state index is 11.4. The third kappa shape index (κ3) is 2.15. The highest BCUT2D eigenvalue weighted by atomic mass is 16.7. The average molecular weight is 307 g/mol. The van der Waals surface area contributed by atoms with E-state index in [-0.39, 0.29) is 12.5 Å². The Morgan fingerprint density at radius 2 is 1.96 bits per heavy atom. The summed E-state index contributed by atoms with van der Waals surface area (Å²) in [7, 11) is 0. The molecule has 6 heteroatoms. The van der Waals surface area contributed by atoms with Gasteiger partial charge in [0.25, 0.3) is 0 Å². The largest absolute Gasteiger partial charge is 0.454 e. The first-order valence-electron chi connectivity index (χ1n) is 7.15. The fourth-order valence-corrected chi connectivity index (χ4v) is 2.66.